The number of carbonyl (C=O) groups is 1. The van der Waals surface area contributed by atoms with Crippen molar-refractivity contribution >= 4 is 12.0 Å². The van der Waals surface area contributed by atoms with Gasteiger partial charge in [0.2, 0.25) is 0 Å². The van der Waals surface area contributed by atoms with Crippen molar-refractivity contribution in [2.75, 3.05) is 13.7 Å². The lowest BCUT2D eigenvalue weighted by Crippen LogP contribution is -2.06. The van der Waals surface area contributed by atoms with Gasteiger partial charge in [0.25, 0.3) is 0 Å². The van der Waals surface area contributed by atoms with Gasteiger partial charge >= 0.3 is 5.97 Å². The Morgan fingerprint density at radius 2 is 2.35 bits per heavy atom. The van der Waals surface area contributed by atoms with Gasteiger partial charge in [-0.15, -0.1) is 0 Å². The second-order valence-electron chi connectivity index (χ2n) is 3.62. The average Bonchev–Trinajstić information content (AvgIpc) is 2.58. The molecule has 0 radical (unpaired) electrons. The number of nitrogens with zero attached hydrogens (tertiary/aromatic N) is 1. The van der Waals surface area contributed by atoms with Crippen LogP contribution in [-0.2, 0) is 9.53 Å². The molecular weight excluding hydrogens is 218 g/mol. The third-order valence-corrected chi connectivity index (χ3v) is 2.55. The highest BCUT2D eigenvalue weighted by Gasteiger charge is 2.15. The van der Waals surface area contributed by atoms with E-state index in [0.717, 1.165) is 5.56 Å². The predicted molar refractivity (Wildman–Crippen MR) is 61.3 cm³/mol. The largest absolute Gasteiger partial charge is 0.493 e. The molecule has 4 nitrogen and oxygen atoms in total. The van der Waals surface area contributed by atoms with Crippen LogP contribution in [0.2, 0.25) is 0 Å². The number of fused-ring (bicyclic) bond motifs is 1. The number of rotatable bonds is 1. The maximum absolute atomic E-state index is 11.5. The van der Waals surface area contributed by atoms with Crippen LogP contribution in [0.1, 0.15) is 17.5 Å². The van der Waals surface area contributed by atoms with Crippen LogP contribution in [0.5, 0.6) is 5.75 Å². The number of nitriles is 1. The SMILES string of the molecule is COC(=O)C1=Cc2cc(C#N)ccc2OCC1. The molecule has 0 spiro atoms. The van der Waals surface area contributed by atoms with Crippen molar-refractivity contribution in [3.05, 3.63) is 34.9 Å². The summed E-state index contributed by atoms with van der Waals surface area (Å²) >= 11 is 0. The van der Waals surface area contributed by atoms with Gasteiger partial charge in [-0.25, -0.2) is 4.79 Å². The van der Waals surface area contributed by atoms with E-state index in [4.69, 9.17) is 10.00 Å². The molecule has 0 unspecified atom stereocenters. The highest BCUT2D eigenvalue weighted by Crippen LogP contribution is 2.27. The molecule has 1 aromatic carbocycles. The van der Waals surface area contributed by atoms with Crippen LogP contribution in [0.15, 0.2) is 23.8 Å². The monoisotopic (exact) mass is 229 g/mol. The molecule has 2 rings (SSSR count). The minimum absolute atomic E-state index is 0.358. The summed E-state index contributed by atoms with van der Waals surface area (Å²) in [7, 11) is 1.35. The van der Waals surface area contributed by atoms with Crippen molar-refractivity contribution in [2.24, 2.45) is 0 Å². The molecule has 1 heterocycles. The van der Waals surface area contributed by atoms with Crippen LogP contribution in [0.3, 0.4) is 0 Å². The van der Waals surface area contributed by atoms with Crippen LogP contribution in [0, 0.1) is 11.3 Å². The van der Waals surface area contributed by atoms with Gasteiger partial charge < -0.3 is 9.47 Å². The molecule has 0 saturated heterocycles. The van der Waals surface area contributed by atoms with Gasteiger partial charge in [-0.05, 0) is 24.3 Å². The molecule has 0 amide bonds. The van der Waals surface area contributed by atoms with E-state index in [9.17, 15) is 4.79 Å². The first-order valence-corrected chi connectivity index (χ1v) is 5.20. The summed E-state index contributed by atoms with van der Waals surface area (Å²) in [5, 5.41) is 8.83. The summed E-state index contributed by atoms with van der Waals surface area (Å²) in [6.07, 6.45) is 2.22. The first kappa shape index (κ1) is 11.2. The highest BCUT2D eigenvalue weighted by atomic mass is 16.5. The zero-order chi connectivity index (χ0) is 12.3. The molecule has 1 aliphatic heterocycles. The van der Waals surface area contributed by atoms with E-state index in [1.54, 1.807) is 24.3 Å². The van der Waals surface area contributed by atoms with Gasteiger partial charge in [0, 0.05) is 17.6 Å². The molecule has 0 bridgehead atoms. The predicted octanol–water partition coefficient (Wildman–Crippen LogP) is 1.90. The van der Waals surface area contributed by atoms with E-state index in [-0.39, 0.29) is 5.97 Å². The Morgan fingerprint density at radius 1 is 1.53 bits per heavy atom. The molecule has 17 heavy (non-hydrogen) atoms. The quantitative estimate of drug-likeness (QED) is 0.690. The number of methoxy groups -OCH3 is 1. The third-order valence-electron chi connectivity index (χ3n) is 2.55. The van der Waals surface area contributed by atoms with Crippen molar-refractivity contribution in [3.8, 4) is 11.8 Å². The number of esters is 1. The summed E-state index contributed by atoms with van der Waals surface area (Å²) in [5.41, 5.74) is 1.83. The first-order valence-electron chi connectivity index (χ1n) is 5.20. The van der Waals surface area contributed by atoms with Gasteiger partial charge in [-0.3, -0.25) is 0 Å². The smallest absolute Gasteiger partial charge is 0.333 e. The Balaban J connectivity index is 2.45. The summed E-state index contributed by atoms with van der Waals surface area (Å²) < 4.78 is 10.2. The first-order chi connectivity index (χ1) is 8.24. The lowest BCUT2D eigenvalue weighted by Gasteiger charge is -2.05. The molecule has 4 heteroatoms. The van der Waals surface area contributed by atoms with Crippen LogP contribution >= 0.6 is 0 Å². The standard InChI is InChI=1S/C13H11NO3/c1-16-13(15)10-4-5-17-12-3-2-9(8-14)6-11(12)7-10/h2-3,6-7H,4-5H2,1H3. The molecule has 0 fully saturated rings. The van der Waals surface area contributed by atoms with Crippen LogP contribution in [0.4, 0.5) is 0 Å². The van der Waals surface area contributed by atoms with E-state index in [0.29, 0.717) is 29.9 Å². The highest BCUT2D eigenvalue weighted by molar-refractivity contribution is 5.94. The normalized spacial score (nSPS) is 13.5. The minimum atomic E-state index is -0.358. The topological polar surface area (TPSA) is 59.3 Å². The second-order valence-corrected chi connectivity index (χ2v) is 3.62. The van der Waals surface area contributed by atoms with Gasteiger partial charge in [-0.2, -0.15) is 5.26 Å². The fourth-order valence-electron chi connectivity index (χ4n) is 1.69. The van der Waals surface area contributed by atoms with E-state index in [1.807, 2.05) is 0 Å². The van der Waals surface area contributed by atoms with Crippen molar-refractivity contribution < 1.29 is 14.3 Å². The average molecular weight is 229 g/mol. The molecule has 1 aliphatic rings. The van der Waals surface area contributed by atoms with E-state index < -0.39 is 0 Å². The lowest BCUT2D eigenvalue weighted by atomic mass is 10.1. The summed E-state index contributed by atoms with van der Waals surface area (Å²) in [4.78, 5) is 11.5. The van der Waals surface area contributed by atoms with E-state index >= 15 is 0 Å². The van der Waals surface area contributed by atoms with Gasteiger partial charge in [0.15, 0.2) is 0 Å². The Kier molecular flexibility index (Phi) is 3.10. The summed E-state index contributed by atoms with van der Waals surface area (Å²) in [6, 6.07) is 7.18. The van der Waals surface area contributed by atoms with Crippen molar-refractivity contribution in [3.63, 3.8) is 0 Å². The Bertz CT molecular complexity index is 526. The zero-order valence-electron chi connectivity index (χ0n) is 9.40. The van der Waals surface area contributed by atoms with Crippen LogP contribution < -0.4 is 4.74 Å². The number of ether oxygens (including phenoxy) is 2. The number of hydrogen-bond acceptors (Lipinski definition) is 4. The van der Waals surface area contributed by atoms with Gasteiger partial charge in [0.1, 0.15) is 5.75 Å². The third kappa shape index (κ3) is 2.28. The van der Waals surface area contributed by atoms with Gasteiger partial charge in [0.05, 0.1) is 25.3 Å². The lowest BCUT2D eigenvalue weighted by molar-refractivity contribution is -0.136. The van der Waals surface area contributed by atoms with Crippen LogP contribution in [0.25, 0.3) is 6.08 Å². The van der Waals surface area contributed by atoms with Crippen molar-refractivity contribution in [2.45, 2.75) is 6.42 Å². The molecule has 0 N–H and O–H groups in total. The Hall–Kier alpha value is -2.28. The Labute approximate surface area is 99.1 Å². The summed E-state index contributed by atoms with van der Waals surface area (Å²) in [6.45, 7) is 0.430. The molecule has 0 aromatic heterocycles. The van der Waals surface area contributed by atoms with Crippen molar-refractivity contribution in [1.29, 1.82) is 5.26 Å². The van der Waals surface area contributed by atoms with Gasteiger partial charge in [-0.1, -0.05) is 0 Å². The molecule has 0 saturated carbocycles. The molecular formula is C13H11NO3. The molecule has 0 atom stereocenters. The Morgan fingerprint density at radius 3 is 3.06 bits per heavy atom. The zero-order valence-corrected chi connectivity index (χ0v) is 9.40. The summed E-state index contributed by atoms with van der Waals surface area (Å²) in [5.74, 6) is 0.326. The maximum atomic E-state index is 11.5. The van der Waals surface area contributed by atoms with E-state index in [1.165, 1.54) is 7.11 Å². The van der Waals surface area contributed by atoms with Crippen LogP contribution in [-0.4, -0.2) is 19.7 Å². The maximum Gasteiger partial charge on any atom is 0.333 e. The fraction of sp³-hybridized carbons (Fsp3) is 0.231. The number of carbonyl (C=O) groups excluding carboxylic acids is 1. The molecule has 86 valence electrons. The molecule has 0 aliphatic carbocycles. The number of benzene rings is 1. The fourth-order valence-corrected chi connectivity index (χ4v) is 1.69. The van der Waals surface area contributed by atoms with Crippen molar-refractivity contribution in [1.82, 2.24) is 0 Å². The van der Waals surface area contributed by atoms with E-state index in [2.05, 4.69) is 10.8 Å². The minimum Gasteiger partial charge on any atom is -0.493 e. The molecule has 1 aromatic rings. The number of hydrogen-bond donors (Lipinski definition) is 0. The second kappa shape index (κ2) is 4.71.